The van der Waals surface area contributed by atoms with E-state index in [2.05, 4.69) is 17.2 Å². The van der Waals surface area contributed by atoms with Gasteiger partial charge in [0.1, 0.15) is 0 Å². The van der Waals surface area contributed by atoms with Crippen LogP contribution in [0.5, 0.6) is 0 Å². The van der Waals surface area contributed by atoms with Crippen molar-refractivity contribution in [3.05, 3.63) is 12.7 Å². The van der Waals surface area contributed by atoms with Crippen LogP contribution in [0.4, 0.5) is 0 Å². The molecule has 0 fully saturated rings. The average molecular weight is 198 g/mol. The standard InChI is InChI=1S/C11H22N2O/c1-5-6-7-8-13-9-11(2,3)10(14)12-4/h5,13H,1,6-9H2,2-4H3,(H,12,14). The molecule has 3 heteroatoms. The van der Waals surface area contributed by atoms with Gasteiger partial charge >= 0.3 is 0 Å². The summed E-state index contributed by atoms with van der Waals surface area (Å²) in [5, 5.41) is 5.93. The highest BCUT2D eigenvalue weighted by atomic mass is 16.2. The monoisotopic (exact) mass is 198 g/mol. The fraction of sp³-hybridized carbons (Fsp3) is 0.727. The maximum absolute atomic E-state index is 11.4. The maximum atomic E-state index is 11.4. The van der Waals surface area contributed by atoms with Crippen LogP contribution >= 0.6 is 0 Å². The lowest BCUT2D eigenvalue weighted by Gasteiger charge is -2.22. The van der Waals surface area contributed by atoms with E-state index in [9.17, 15) is 4.79 Å². The molecule has 0 aromatic carbocycles. The van der Waals surface area contributed by atoms with Gasteiger partial charge in [0.15, 0.2) is 0 Å². The highest BCUT2D eigenvalue weighted by Crippen LogP contribution is 2.12. The highest BCUT2D eigenvalue weighted by molar-refractivity contribution is 5.81. The van der Waals surface area contributed by atoms with Crippen LogP contribution in [0, 0.1) is 5.41 Å². The molecule has 0 radical (unpaired) electrons. The zero-order valence-electron chi connectivity index (χ0n) is 9.52. The van der Waals surface area contributed by atoms with Crippen molar-refractivity contribution in [1.82, 2.24) is 10.6 Å². The molecule has 0 saturated heterocycles. The molecule has 2 N–H and O–H groups in total. The predicted octanol–water partition coefficient (Wildman–Crippen LogP) is 1.31. The number of hydrogen-bond acceptors (Lipinski definition) is 2. The van der Waals surface area contributed by atoms with Crippen molar-refractivity contribution in [3.8, 4) is 0 Å². The van der Waals surface area contributed by atoms with Gasteiger partial charge in [-0.2, -0.15) is 0 Å². The first-order valence-electron chi connectivity index (χ1n) is 5.08. The van der Waals surface area contributed by atoms with E-state index < -0.39 is 0 Å². The van der Waals surface area contributed by atoms with E-state index in [1.165, 1.54) is 0 Å². The SMILES string of the molecule is C=CCCCNCC(C)(C)C(=O)NC. The molecule has 3 nitrogen and oxygen atoms in total. The van der Waals surface area contributed by atoms with Crippen molar-refractivity contribution >= 4 is 5.91 Å². The van der Waals surface area contributed by atoms with Crippen LogP contribution in [0.3, 0.4) is 0 Å². The van der Waals surface area contributed by atoms with E-state index in [4.69, 9.17) is 0 Å². The van der Waals surface area contributed by atoms with Gasteiger partial charge in [-0.25, -0.2) is 0 Å². The van der Waals surface area contributed by atoms with Crippen molar-refractivity contribution in [1.29, 1.82) is 0 Å². The van der Waals surface area contributed by atoms with E-state index in [1.807, 2.05) is 19.9 Å². The van der Waals surface area contributed by atoms with Gasteiger partial charge in [0.2, 0.25) is 5.91 Å². The third kappa shape index (κ3) is 5.02. The number of rotatable bonds is 7. The molecule has 0 atom stereocenters. The van der Waals surface area contributed by atoms with Gasteiger partial charge < -0.3 is 10.6 Å². The van der Waals surface area contributed by atoms with Crippen LogP contribution in [0.25, 0.3) is 0 Å². The lowest BCUT2D eigenvalue weighted by atomic mass is 9.92. The smallest absolute Gasteiger partial charge is 0.226 e. The largest absolute Gasteiger partial charge is 0.359 e. The molecular formula is C11H22N2O. The van der Waals surface area contributed by atoms with Gasteiger partial charge in [-0.05, 0) is 33.2 Å². The molecule has 0 unspecified atom stereocenters. The molecule has 0 rings (SSSR count). The number of carbonyl (C=O) groups excluding carboxylic acids is 1. The first kappa shape index (κ1) is 13.2. The van der Waals surface area contributed by atoms with Gasteiger partial charge in [0.05, 0.1) is 5.41 Å². The van der Waals surface area contributed by atoms with E-state index in [1.54, 1.807) is 7.05 Å². The van der Waals surface area contributed by atoms with Crippen LogP contribution in [0.2, 0.25) is 0 Å². The van der Waals surface area contributed by atoms with Gasteiger partial charge in [-0.15, -0.1) is 6.58 Å². The Morgan fingerprint density at radius 3 is 2.64 bits per heavy atom. The Hall–Kier alpha value is -0.830. The summed E-state index contributed by atoms with van der Waals surface area (Å²) in [4.78, 5) is 11.4. The molecular weight excluding hydrogens is 176 g/mol. The normalized spacial score (nSPS) is 11.1. The molecule has 0 aliphatic heterocycles. The molecule has 82 valence electrons. The summed E-state index contributed by atoms with van der Waals surface area (Å²) in [7, 11) is 1.67. The highest BCUT2D eigenvalue weighted by Gasteiger charge is 2.25. The maximum Gasteiger partial charge on any atom is 0.226 e. The first-order valence-corrected chi connectivity index (χ1v) is 5.08. The quantitative estimate of drug-likeness (QED) is 0.478. The molecule has 0 heterocycles. The van der Waals surface area contributed by atoms with E-state index >= 15 is 0 Å². The second kappa shape index (κ2) is 6.60. The van der Waals surface area contributed by atoms with Crippen LogP contribution in [-0.4, -0.2) is 26.0 Å². The Labute approximate surface area is 87.0 Å². The second-order valence-corrected chi connectivity index (χ2v) is 4.07. The number of nitrogens with one attached hydrogen (secondary N) is 2. The van der Waals surface area contributed by atoms with Crippen molar-refractivity contribution in [2.75, 3.05) is 20.1 Å². The third-order valence-corrected chi connectivity index (χ3v) is 2.17. The summed E-state index contributed by atoms with van der Waals surface area (Å²) in [5.41, 5.74) is -0.330. The van der Waals surface area contributed by atoms with Gasteiger partial charge in [0.25, 0.3) is 0 Å². The summed E-state index contributed by atoms with van der Waals surface area (Å²) < 4.78 is 0. The van der Waals surface area contributed by atoms with Gasteiger partial charge in [-0.1, -0.05) is 6.08 Å². The van der Waals surface area contributed by atoms with Crippen LogP contribution in [-0.2, 0) is 4.79 Å². The Morgan fingerprint density at radius 1 is 1.50 bits per heavy atom. The molecule has 0 bridgehead atoms. The molecule has 0 aromatic rings. The summed E-state index contributed by atoms with van der Waals surface area (Å²) in [6, 6.07) is 0. The summed E-state index contributed by atoms with van der Waals surface area (Å²) >= 11 is 0. The molecule has 14 heavy (non-hydrogen) atoms. The minimum absolute atomic E-state index is 0.0775. The second-order valence-electron chi connectivity index (χ2n) is 4.07. The topological polar surface area (TPSA) is 41.1 Å². The van der Waals surface area contributed by atoms with Crippen LogP contribution in [0.15, 0.2) is 12.7 Å². The van der Waals surface area contributed by atoms with Gasteiger partial charge in [0, 0.05) is 13.6 Å². The zero-order chi connectivity index (χ0) is 11.0. The number of carbonyl (C=O) groups is 1. The third-order valence-electron chi connectivity index (χ3n) is 2.17. The minimum Gasteiger partial charge on any atom is -0.359 e. The van der Waals surface area contributed by atoms with Crippen molar-refractivity contribution in [2.45, 2.75) is 26.7 Å². The van der Waals surface area contributed by atoms with Gasteiger partial charge in [-0.3, -0.25) is 4.79 Å². The first-order chi connectivity index (χ1) is 6.54. The Morgan fingerprint density at radius 2 is 2.14 bits per heavy atom. The van der Waals surface area contributed by atoms with E-state index in [-0.39, 0.29) is 11.3 Å². The van der Waals surface area contributed by atoms with Crippen molar-refractivity contribution in [2.24, 2.45) is 5.41 Å². The van der Waals surface area contributed by atoms with Crippen LogP contribution in [0.1, 0.15) is 26.7 Å². The molecule has 0 spiro atoms. The zero-order valence-corrected chi connectivity index (χ0v) is 9.52. The van der Waals surface area contributed by atoms with E-state index in [0.717, 1.165) is 19.4 Å². The number of allylic oxidation sites excluding steroid dienone is 1. The lowest BCUT2D eigenvalue weighted by Crippen LogP contribution is -2.42. The molecule has 1 amide bonds. The van der Waals surface area contributed by atoms with Crippen molar-refractivity contribution < 1.29 is 4.79 Å². The average Bonchev–Trinajstić information content (AvgIpc) is 2.16. The molecule has 0 aliphatic rings. The lowest BCUT2D eigenvalue weighted by molar-refractivity contribution is -0.128. The predicted molar refractivity (Wildman–Crippen MR) is 60.1 cm³/mol. The van der Waals surface area contributed by atoms with Crippen LogP contribution < -0.4 is 10.6 Å². The number of hydrogen-bond donors (Lipinski definition) is 2. The van der Waals surface area contributed by atoms with Crippen molar-refractivity contribution in [3.63, 3.8) is 0 Å². The summed E-state index contributed by atoms with van der Waals surface area (Å²) in [6.07, 6.45) is 4.01. The summed E-state index contributed by atoms with van der Waals surface area (Å²) in [5.74, 6) is 0.0775. The molecule has 0 aromatic heterocycles. The fourth-order valence-corrected chi connectivity index (χ4v) is 1.19. The Bertz CT molecular complexity index is 188. The molecule has 0 saturated carbocycles. The number of unbranched alkanes of at least 4 members (excludes halogenated alkanes) is 1. The minimum atomic E-state index is -0.330. The Kier molecular flexibility index (Phi) is 6.21. The number of amides is 1. The summed E-state index contributed by atoms with van der Waals surface area (Å²) in [6.45, 7) is 9.18. The fourth-order valence-electron chi connectivity index (χ4n) is 1.19. The Balaban J connectivity index is 3.65. The molecule has 0 aliphatic carbocycles. The van der Waals surface area contributed by atoms with E-state index in [0.29, 0.717) is 6.54 Å².